The first-order chi connectivity index (χ1) is 9.17. The molecule has 0 saturated heterocycles. The molecule has 0 heterocycles. The third-order valence-electron chi connectivity index (χ3n) is 2.91. The Labute approximate surface area is 124 Å². The monoisotopic (exact) mass is 329 g/mol. The summed E-state index contributed by atoms with van der Waals surface area (Å²) in [5.74, 6) is 1.43. The van der Waals surface area contributed by atoms with Gasteiger partial charge in [0.1, 0.15) is 5.75 Å². The van der Waals surface area contributed by atoms with Crippen molar-refractivity contribution in [3.63, 3.8) is 0 Å². The molecule has 1 rings (SSSR count). The second kappa shape index (κ2) is 9.34. The maximum Gasteiger partial charge on any atom is 0.123 e. The molecule has 0 aromatic heterocycles. The summed E-state index contributed by atoms with van der Waals surface area (Å²) in [4.78, 5) is 0. The minimum atomic E-state index is 0.255. The number of nitrogens with one attached hydrogen (secondary N) is 1. The van der Waals surface area contributed by atoms with Gasteiger partial charge in [0.25, 0.3) is 0 Å². The van der Waals surface area contributed by atoms with E-state index in [9.17, 15) is 0 Å². The fourth-order valence-corrected chi connectivity index (χ4v) is 2.22. The average molecular weight is 330 g/mol. The second-order valence-electron chi connectivity index (χ2n) is 4.85. The molecular weight excluding hydrogens is 306 g/mol. The fourth-order valence-electron chi connectivity index (χ4n) is 1.81. The third kappa shape index (κ3) is 6.41. The van der Waals surface area contributed by atoms with Gasteiger partial charge in [-0.1, -0.05) is 29.8 Å². The van der Waals surface area contributed by atoms with Crippen molar-refractivity contribution in [3.8, 4) is 5.75 Å². The molecule has 1 atom stereocenters. The molecule has 0 aliphatic carbocycles. The Morgan fingerprint density at radius 2 is 2.21 bits per heavy atom. The molecule has 0 saturated carbocycles. The number of hydrogen-bond acceptors (Lipinski definition) is 3. The first-order valence-electron chi connectivity index (χ1n) is 6.90. The van der Waals surface area contributed by atoms with Crippen molar-refractivity contribution in [3.05, 3.63) is 28.2 Å². The van der Waals surface area contributed by atoms with E-state index in [0.717, 1.165) is 42.8 Å². The van der Waals surface area contributed by atoms with Crippen molar-refractivity contribution in [2.75, 3.05) is 19.8 Å². The molecule has 0 radical (unpaired) electrons. The average Bonchev–Trinajstić information content (AvgIpc) is 2.38. The lowest BCUT2D eigenvalue weighted by Crippen LogP contribution is -2.21. The summed E-state index contributed by atoms with van der Waals surface area (Å²) >= 11 is 3.49. The van der Waals surface area contributed by atoms with Crippen LogP contribution < -0.4 is 10.1 Å². The van der Waals surface area contributed by atoms with Gasteiger partial charge in [-0.2, -0.15) is 0 Å². The van der Waals surface area contributed by atoms with Gasteiger partial charge in [-0.25, -0.2) is 0 Å². The van der Waals surface area contributed by atoms with Crippen LogP contribution in [0.5, 0.6) is 5.75 Å². The van der Waals surface area contributed by atoms with Crippen LogP contribution in [0.25, 0.3) is 0 Å². The molecule has 4 heteroatoms. The summed E-state index contributed by atoms with van der Waals surface area (Å²) in [5, 5.41) is 12.3. The lowest BCUT2D eigenvalue weighted by atomic mass is 10.1. The highest BCUT2D eigenvalue weighted by atomic mass is 79.9. The predicted octanol–water partition coefficient (Wildman–Crippen LogP) is 3.35. The maximum absolute atomic E-state index is 8.88. The summed E-state index contributed by atoms with van der Waals surface area (Å²) in [6.07, 6.45) is 1.85. The Morgan fingerprint density at radius 1 is 1.42 bits per heavy atom. The molecule has 0 bridgehead atoms. The number of aliphatic hydroxyl groups excluding tert-OH is 1. The summed E-state index contributed by atoms with van der Waals surface area (Å²) in [7, 11) is 0. The molecule has 0 spiro atoms. The Bertz CT molecular complexity index is 371. The van der Waals surface area contributed by atoms with Gasteiger partial charge in [-0.05, 0) is 43.5 Å². The van der Waals surface area contributed by atoms with Gasteiger partial charge < -0.3 is 15.2 Å². The summed E-state index contributed by atoms with van der Waals surface area (Å²) < 4.78 is 6.81. The van der Waals surface area contributed by atoms with Crippen molar-refractivity contribution in [2.24, 2.45) is 5.92 Å². The second-order valence-corrected chi connectivity index (χ2v) is 5.76. The van der Waals surface area contributed by atoms with Crippen molar-refractivity contribution >= 4 is 15.9 Å². The van der Waals surface area contributed by atoms with E-state index in [2.05, 4.69) is 41.2 Å². The highest BCUT2D eigenvalue weighted by Gasteiger charge is 2.06. The minimum absolute atomic E-state index is 0.255. The number of aliphatic hydroxyl groups is 1. The highest BCUT2D eigenvalue weighted by Crippen LogP contribution is 2.23. The summed E-state index contributed by atoms with van der Waals surface area (Å²) in [5.41, 5.74) is 1.17. The van der Waals surface area contributed by atoms with E-state index in [0.29, 0.717) is 5.92 Å². The number of ether oxygens (including phenoxy) is 1. The van der Waals surface area contributed by atoms with Crippen LogP contribution in [0.2, 0.25) is 0 Å². The zero-order chi connectivity index (χ0) is 14.1. The molecule has 0 fully saturated rings. The van der Waals surface area contributed by atoms with Crippen LogP contribution in [0.4, 0.5) is 0 Å². The van der Waals surface area contributed by atoms with Crippen LogP contribution in [0, 0.1) is 5.92 Å². The van der Waals surface area contributed by atoms with Crippen LogP contribution in [0.3, 0.4) is 0 Å². The minimum Gasteiger partial charge on any atom is -0.493 e. The fraction of sp³-hybridized carbons (Fsp3) is 0.600. The largest absolute Gasteiger partial charge is 0.493 e. The molecule has 1 aromatic rings. The van der Waals surface area contributed by atoms with Gasteiger partial charge in [0, 0.05) is 23.2 Å². The van der Waals surface area contributed by atoms with Gasteiger partial charge in [0.05, 0.1) is 6.61 Å². The van der Waals surface area contributed by atoms with E-state index < -0.39 is 0 Å². The van der Waals surface area contributed by atoms with Gasteiger partial charge in [0.15, 0.2) is 0 Å². The quantitative estimate of drug-likeness (QED) is 0.730. The topological polar surface area (TPSA) is 41.5 Å². The summed E-state index contributed by atoms with van der Waals surface area (Å²) in [6, 6.07) is 6.10. The van der Waals surface area contributed by atoms with Crippen molar-refractivity contribution in [1.82, 2.24) is 5.32 Å². The zero-order valence-electron chi connectivity index (χ0n) is 11.8. The molecule has 3 nitrogen and oxygen atoms in total. The third-order valence-corrected chi connectivity index (χ3v) is 3.41. The van der Waals surface area contributed by atoms with Gasteiger partial charge >= 0.3 is 0 Å². The van der Waals surface area contributed by atoms with Crippen LogP contribution in [0.15, 0.2) is 22.7 Å². The van der Waals surface area contributed by atoms with E-state index in [-0.39, 0.29) is 6.61 Å². The van der Waals surface area contributed by atoms with E-state index in [1.165, 1.54) is 5.56 Å². The predicted molar refractivity (Wildman–Crippen MR) is 82.5 cm³/mol. The standard InChI is InChI=1S/C15H24BrNO2/c1-3-8-19-15-5-4-14(16)9-13(15)11-17-10-12(2)6-7-18/h4-5,9,12,17-18H,3,6-8,10-11H2,1-2H3. The van der Waals surface area contributed by atoms with E-state index >= 15 is 0 Å². The number of rotatable bonds is 9. The van der Waals surface area contributed by atoms with Crippen LogP contribution in [0.1, 0.15) is 32.3 Å². The molecule has 0 amide bonds. The number of benzene rings is 1. The lowest BCUT2D eigenvalue weighted by molar-refractivity contribution is 0.259. The molecule has 0 aliphatic heterocycles. The van der Waals surface area contributed by atoms with E-state index in [4.69, 9.17) is 9.84 Å². The number of halogens is 1. The molecule has 1 unspecified atom stereocenters. The summed E-state index contributed by atoms with van der Waals surface area (Å²) in [6.45, 7) is 6.93. The first-order valence-corrected chi connectivity index (χ1v) is 7.69. The maximum atomic E-state index is 8.88. The molecule has 19 heavy (non-hydrogen) atoms. The normalized spacial score (nSPS) is 12.4. The Kier molecular flexibility index (Phi) is 8.10. The lowest BCUT2D eigenvalue weighted by Gasteiger charge is -2.14. The zero-order valence-corrected chi connectivity index (χ0v) is 13.4. The van der Waals surface area contributed by atoms with Crippen molar-refractivity contribution in [1.29, 1.82) is 0 Å². The van der Waals surface area contributed by atoms with Crippen LogP contribution in [-0.4, -0.2) is 24.9 Å². The van der Waals surface area contributed by atoms with Crippen LogP contribution >= 0.6 is 15.9 Å². The molecule has 1 aromatic carbocycles. The highest BCUT2D eigenvalue weighted by molar-refractivity contribution is 9.10. The molecule has 2 N–H and O–H groups in total. The Hall–Kier alpha value is -0.580. The van der Waals surface area contributed by atoms with Crippen molar-refractivity contribution < 1.29 is 9.84 Å². The molecule has 0 aliphatic rings. The smallest absolute Gasteiger partial charge is 0.123 e. The molecular formula is C15H24BrNO2. The van der Waals surface area contributed by atoms with E-state index in [1.807, 2.05) is 12.1 Å². The first kappa shape index (κ1) is 16.5. The van der Waals surface area contributed by atoms with Crippen LogP contribution in [-0.2, 0) is 6.54 Å². The molecule has 108 valence electrons. The van der Waals surface area contributed by atoms with Gasteiger partial charge in [-0.15, -0.1) is 0 Å². The Balaban J connectivity index is 2.52. The SMILES string of the molecule is CCCOc1ccc(Br)cc1CNCC(C)CCO. The van der Waals surface area contributed by atoms with Crippen molar-refractivity contribution in [2.45, 2.75) is 33.2 Å². The number of hydrogen-bond donors (Lipinski definition) is 2. The van der Waals surface area contributed by atoms with Gasteiger partial charge in [-0.3, -0.25) is 0 Å². The van der Waals surface area contributed by atoms with Gasteiger partial charge in [0.2, 0.25) is 0 Å². The Morgan fingerprint density at radius 3 is 2.89 bits per heavy atom. The van der Waals surface area contributed by atoms with E-state index in [1.54, 1.807) is 0 Å².